The summed E-state index contributed by atoms with van der Waals surface area (Å²) in [7, 11) is 0. The van der Waals surface area contributed by atoms with Gasteiger partial charge in [0, 0.05) is 17.6 Å². The van der Waals surface area contributed by atoms with Crippen LogP contribution in [0.1, 0.15) is 31.5 Å². The third-order valence-electron chi connectivity index (χ3n) is 3.08. The van der Waals surface area contributed by atoms with Crippen LogP contribution in [0.2, 0.25) is 0 Å². The Morgan fingerprint density at radius 3 is 2.36 bits per heavy atom. The number of nitrogens with one attached hydrogen (secondary N) is 1. The second-order valence-electron chi connectivity index (χ2n) is 4.49. The van der Waals surface area contributed by atoms with E-state index in [1.54, 1.807) is 0 Å². The van der Waals surface area contributed by atoms with Crippen LogP contribution in [0.3, 0.4) is 0 Å². The molecular formula is C10H15N3S. The molecule has 0 bridgehead atoms. The molecule has 1 aromatic rings. The van der Waals surface area contributed by atoms with Gasteiger partial charge in [0.2, 0.25) is 5.13 Å². The molecule has 1 aromatic heterocycles. The van der Waals surface area contributed by atoms with E-state index < -0.39 is 0 Å². The van der Waals surface area contributed by atoms with Crippen molar-refractivity contribution in [1.29, 1.82) is 0 Å². The Morgan fingerprint density at radius 1 is 1.29 bits per heavy atom. The van der Waals surface area contributed by atoms with Crippen LogP contribution in [0.25, 0.3) is 0 Å². The fraction of sp³-hybridized carbons (Fsp3) is 0.800. The average Bonchev–Trinajstić information content (AvgIpc) is 3.04. The predicted octanol–water partition coefficient (Wildman–Crippen LogP) is 2.45. The van der Waals surface area contributed by atoms with E-state index in [4.69, 9.17) is 0 Å². The van der Waals surface area contributed by atoms with Gasteiger partial charge in [-0.05, 0) is 44.4 Å². The van der Waals surface area contributed by atoms with Crippen LogP contribution in [-0.4, -0.2) is 15.4 Å². The Bertz CT molecular complexity index is 316. The van der Waals surface area contributed by atoms with E-state index >= 15 is 0 Å². The maximum absolute atomic E-state index is 4.37. The maximum atomic E-state index is 4.37. The molecule has 0 atom stereocenters. The number of aryl methyl sites for hydroxylation is 1. The SMILES string of the molecule is Cc1nsc(NC(C2CC2)C2CC2)n1. The predicted molar refractivity (Wildman–Crippen MR) is 57.5 cm³/mol. The van der Waals surface area contributed by atoms with E-state index in [9.17, 15) is 0 Å². The van der Waals surface area contributed by atoms with Gasteiger partial charge in [-0.3, -0.25) is 0 Å². The lowest BCUT2D eigenvalue weighted by Crippen LogP contribution is -2.24. The Balaban J connectivity index is 1.68. The Kier molecular flexibility index (Phi) is 1.97. The molecular weight excluding hydrogens is 194 g/mol. The van der Waals surface area contributed by atoms with Gasteiger partial charge in [0.25, 0.3) is 0 Å². The maximum Gasteiger partial charge on any atom is 0.202 e. The van der Waals surface area contributed by atoms with Crippen LogP contribution in [0, 0.1) is 18.8 Å². The summed E-state index contributed by atoms with van der Waals surface area (Å²) < 4.78 is 4.20. The molecule has 0 amide bonds. The van der Waals surface area contributed by atoms with Gasteiger partial charge in [0.05, 0.1) is 0 Å². The van der Waals surface area contributed by atoms with Gasteiger partial charge in [-0.15, -0.1) is 0 Å². The van der Waals surface area contributed by atoms with Gasteiger partial charge >= 0.3 is 0 Å². The van der Waals surface area contributed by atoms with Gasteiger partial charge in [0.1, 0.15) is 5.82 Å². The van der Waals surface area contributed by atoms with Crippen LogP contribution >= 0.6 is 11.5 Å². The van der Waals surface area contributed by atoms with Crippen molar-refractivity contribution >= 4 is 16.7 Å². The number of nitrogens with zero attached hydrogens (tertiary/aromatic N) is 2. The molecule has 4 heteroatoms. The Labute approximate surface area is 88.1 Å². The van der Waals surface area contributed by atoms with Gasteiger partial charge in [0.15, 0.2) is 0 Å². The van der Waals surface area contributed by atoms with E-state index in [1.807, 2.05) is 6.92 Å². The second-order valence-corrected chi connectivity index (χ2v) is 5.24. The average molecular weight is 209 g/mol. The molecule has 2 fully saturated rings. The van der Waals surface area contributed by atoms with Crippen LogP contribution in [0.5, 0.6) is 0 Å². The van der Waals surface area contributed by atoms with Crippen molar-refractivity contribution in [2.24, 2.45) is 11.8 Å². The van der Waals surface area contributed by atoms with Crippen molar-refractivity contribution in [3.63, 3.8) is 0 Å². The van der Waals surface area contributed by atoms with Crippen molar-refractivity contribution in [3.8, 4) is 0 Å². The van der Waals surface area contributed by atoms with Crippen molar-refractivity contribution in [1.82, 2.24) is 9.36 Å². The first-order valence-corrected chi connectivity index (χ1v) is 6.17. The van der Waals surface area contributed by atoms with Gasteiger partial charge < -0.3 is 5.32 Å². The third-order valence-corrected chi connectivity index (χ3v) is 3.82. The molecule has 0 radical (unpaired) electrons. The van der Waals surface area contributed by atoms with Crippen molar-refractivity contribution in [2.45, 2.75) is 38.6 Å². The van der Waals surface area contributed by atoms with E-state index in [0.717, 1.165) is 22.8 Å². The van der Waals surface area contributed by atoms with Crippen LogP contribution < -0.4 is 5.32 Å². The van der Waals surface area contributed by atoms with E-state index in [2.05, 4.69) is 14.7 Å². The molecule has 14 heavy (non-hydrogen) atoms. The number of anilines is 1. The van der Waals surface area contributed by atoms with Crippen molar-refractivity contribution in [2.75, 3.05) is 5.32 Å². The molecule has 1 N–H and O–H groups in total. The summed E-state index contributed by atoms with van der Waals surface area (Å²) >= 11 is 1.50. The van der Waals surface area contributed by atoms with Crippen LogP contribution in [-0.2, 0) is 0 Å². The minimum atomic E-state index is 0.697. The zero-order valence-corrected chi connectivity index (χ0v) is 9.18. The number of hydrogen-bond donors (Lipinski definition) is 1. The summed E-state index contributed by atoms with van der Waals surface area (Å²) in [6.07, 6.45) is 5.63. The molecule has 1 heterocycles. The highest BCUT2D eigenvalue weighted by molar-refractivity contribution is 7.09. The molecule has 0 unspecified atom stereocenters. The van der Waals surface area contributed by atoms with Crippen molar-refractivity contribution in [3.05, 3.63) is 5.82 Å². The van der Waals surface area contributed by atoms with Crippen LogP contribution in [0.15, 0.2) is 0 Å². The largest absolute Gasteiger partial charge is 0.357 e. The molecule has 2 aliphatic rings. The molecule has 2 saturated carbocycles. The highest BCUT2D eigenvalue weighted by Gasteiger charge is 2.41. The smallest absolute Gasteiger partial charge is 0.202 e. The number of aromatic nitrogens is 2. The molecule has 0 aliphatic heterocycles. The molecule has 0 spiro atoms. The number of hydrogen-bond acceptors (Lipinski definition) is 4. The third kappa shape index (κ3) is 1.75. The highest BCUT2D eigenvalue weighted by atomic mass is 32.1. The lowest BCUT2D eigenvalue weighted by molar-refractivity contribution is 0.567. The zero-order chi connectivity index (χ0) is 9.54. The first-order chi connectivity index (χ1) is 6.83. The summed E-state index contributed by atoms with van der Waals surface area (Å²) in [6, 6.07) is 0.697. The normalized spacial score (nSPS) is 21.6. The Hall–Kier alpha value is -0.640. The molecule has 0 saturated heterocycles. The van der Waals surface area contributed by atoms with E-state index in [0.29, 0.717) is 6.04 Å². The summed E-state index contributed by atoms with van der Waals surface area (Å²) in [5.41, 5.74) is 0. The highest BCUT2D eigenvalue weighted by Crippen LogP contribution is 2.45. The quantitative estimate of drug-likeness (QED) is 0.827. The first-order valence-electron chi connectivity index (χ1n) is 5.40. The summed E-state index contributed by atoms with van der Waals surface area (Å²) in [5.74, 6) is 2.74. The zero-order valence-electron chi connectivity index (χ0n) is 8.36. The topological polar surface area (TPSA) is 37.8 Å². The van der Waals surface area contributed by atoms with Gasteiger partial charge in [-0.2, -0.15) is 4.37 Å². The fourth-order valence-corrected chi connectivity index (χ4v) is 2.65. The minimum Gasteiger partial charge on any atom is -0.357 e. The van der Waals surface area contributed by atoms with Crippen LogP contribution in [0.4, 0.5) is 5.13 Å². The standard InChI is InChI=1S/C10H15N3S/c1-6-11-10(14-13-6)12-9(7-2-3-7)8-4-5-8/h7-9H,2-5H2,1H3,(H,11,12,13). The molecule has 3 rings (SSSR count). The molecule has 3 nitrogen and oxygen atoms in total. The van der Waals surface area contributed by atoms with E-state index in [-0.39, 0.29) is 0 Å². The summed E-state index contributed by atoms with van der Waals surface area (Å²) in [5, 5.41) is 4.59. The summed E-state index contributed by atoms with van der Waals surface area (Å²) in [6.45, 7) is 1.95. The van der Waals surface area contributed by atoms with Crippen molar-refractivity contribution < 1.29 is 0 Å². The molecule has 0 aromatic carbocycles. The first kappa shape index (κ1) is 8.65. The lowest BCUT2D eigenvalue weighted by Gasteiger charge is -2.15. The number of rotatable bonds is 4. The summed E-state index contributed by atoms with van der Waals surface area (Å²) in [4.78, 5) is 4.37. The lowest BCUT2D eigenvalue weighted by atomic mass is 10.1. The fourth-order valence-electron chi connectivity index (χ4n) is 2.03. The minimum absolute atomic E-state index is 0.697. The second kappa shape index (κ2) is 3.19. The molecule has 76 valence electrons. The van der Waals surface area contributed by atoms with Gasteiger partial charge in [-0.1, -0.05) is 0 Å². The monoisotopic (exact) mass is 209 g/mol. The Morgan fingerprint density at radius 2 is 1.93 bits per heavy atom. The van der Waals surface area contributed by atoms with Gasteiger partial charge in [-0.25, -0.2) is 4.98 Å². The molecule has 2 aliphatic carbocycles. The van der Waals surface area contributed by atoms with E-state index in [1.165, 1.54) is 37.2 Å².